The number of carboxylic acid groups (broad SMARTS) is 1. The summed E-state index contributed by atoms with van der Waals surface area (Å²) in [6, 6.07) is 8.52. The van der Waals surface area contributed by atoms with Crippen molar-refractivity contribution in [3.63, 3.8) is 0 Å². The van der Waals surface area contributed by atoms with E-state index in [0.717, 1.165) is 13.1 Å². The number of nitrogens with one attached hydrogen (secondary N) is 5. The van der Waals surface area contributed by atoms with Crippen LogP contribution in [0.15, 0.2) is 45.8 Å². The number of sulfonamides is 1. The van der Waals surface area contributed by atoms with E-state index in [1.54, 1.807) is 6.07 Å². The number of ether oxygens (including phenoxy) is 1. The van der Waals surface area contributed by atoms with Gasteiger partial charge in [-0.25, -0.2) is 13.2 Å². The third-order valence-electron chi connectivity index (χ3n) is 4.75. The van der Waals surface area contributed by atoms with Gasteiger partial charge >= 0.3 is 5.97 Å². The molecule has 2 aromatic rings. The van der Waals surface area contributed by atoms with Crippen molar-refractivity contribution in [2.24, 2.45) is 0 Å². The van der Waals surface area contributed by atoms with Gasteiger partial charge < -0.3 is 19.7 Å². The Balaban J connectivity index is 1.62. The Morgan fingerprint density at radius 2 is 2.03 bits per heavy atom. The van der Waals surface area contributed by atoms with Gasteiger partial charge in [-0.15, -0.1) is 0 Å². The number of carbonyl (C=O) groups excluding carboxylic acids is 1. The summed E-state index contributed by atoms with van der Waals surface area (Å²) >= 11 is 0. The lowest BCUT2D eigenvalue weighted by atomic mass is 10.1. The third kappa shape index (κ3) is 6.72. The molecule has 1 aliphatic heterocycles. The van der Waals surface area contributed by atoms with Crippen LogP contribution in [0.25, 0.3) is 0 Å². The monoisotopic (exact) mass is 482 g/mol. The molecule has 0 saturated carbocycles. The highest BCUT2D eigenvalue weighted by Crippen LogP contribution is 2.20. The molecule has 0 bridgehead atoms. The highest BCUT2D eigenvalue weighted by molar-refractivity contribution is 7.89. The van der Waals surface area contributed by atoms with Crippen molar-refractivity contribution in [2.75, 3.05) is 26.2 Å². The molecule has 1 unspecified atom stereocenters. The Morgan fingerprint density at radius 3 is 2.70 bits per heavy atom. The molecule has 33 heavy (non-hydrogen) atoms. The summed E-state index contributed by atoms with van der Waals surface area (Å²) in [6.45, 7) is 2.80. The van der Waals surface area contributed by atoms with Crippen molar-refractivity contribution in [3.05, 3.63) is 42.2 Å². The second kappa shape index (κ2) is 11.2. The van der Waals surface area contributed by atoms with E-state index in [1.807, 2.05) is 10.0 Å². The average molecular weight is 483 g/mol. The molecule has 6 N–H and O–H groups in total. The van der Waals surface area contributed by atoms with Crippen LogP contribution < -0.4 is 30.7 Å². The van der Waals surface area contributed by atoms with Gasteiger partial charge in [-0.3, -0.25) is 20.7 Å². The fraction of sp³-hybridized carbons (Fsp3) is 0.421. The first kappa shape index (κ1) is 24.6. The first-order valence-electron chi connectivity index (χ1n) is 10.2. The van der Waals surface area contributed by atoms with Crippen LogP contribution in [0.2, 0.25) is 0 Å². The molecule has 1 aliphatic rings. The molecule has 14 heteroatoms. The molecule has 0 aliphatic carbocycles. The molecule has 1 atom stereocenters. The SMILES string of the molecule is O=CNC(Cc1cc(OCCCNC2NCCN2)no1)(NS(=O)(=O)c1ccccc1)C(=O)O. The van der Waals surface area contributed by atoms with Crippen LogP contribution in [0.1, 0.15) is 12.2 Å². The number of aliphatic carboxylic acids is 1. The minimum absolute atomic E-state index is 0.00464. The first-order valence-corrected chi connectivity index (χ1v) is 11.7. The van der Waals surface area contributed by atoms with Crippen LogP contribution in [0, 0.1) is 0 Å². The maximum Gasteiger partial charge on any atom is 0.346 e. The Hall–Kier alpha value is -3.04. The number of benzene rings is 1. The number of nitrogens with zero attached hydrogens (tertiary/aromatic N) is 1. The summed E-state index contributed by atoms with van der Waals surface area (Å²) in [4.78, 5) is 23.0. The third-order valence-corrected chi connectivity index (χ3v) is 6.26. The van der Waals surface area contributed by atoms with Crippen molar-refractivity contribution >= 4 is 22.4 Å². The van der Waals surface area contributed by atoms with Gasteiger partial charge in [-0.05, 0) is 23.7 Å². The smallest absolute Gasteiger partial charge is 0.346 e. The fourth-order valence-corrected chi connectivity index (χ4v) is 4.45. The molecule has 0 radical (unpaired) electrons. The minimum Gasteiger partial charge on any atom is -0.478 e. The lowest BCUT2D eigenvalue weighted by Gasteiger charge is -2.28. The van der Waals surface area contributed by atoms with E-state index >= 15 is 0 Å². The van der Waals surface area contributed by atoms with Crippen LogP contribution in [-0.2, 0) is 26.0 Å². The standard InChI is InChI=1S/C19H26N6O7S/c26-13-23-19(17(27)28,25-33(29,30)15-5-2-1-3-6-15)12-14-11-16(24-32-14)31-10-4-7-20-18-21-8-9-22-18/h1-3,5-6,11,13,18,20-22,25H,4,7-10,12H2,(H,23,26)(H,27,28). The minimum atomic E-state index is -4.29. The average Bonchev–Trinajstić information content (AvgIpc) is 3.46. The van der Waals surface area contributed by atoms with E-state index in [4.69, 9.17) is 9.26 Å². The summed E-state index contributed by atoms with van der Waals surface area (Å²) in [6.07, 6.45) is 0.281. The van der Waals surface area contributed by atoms with Gasteiger partial charge in [0.1, 0.15) is 12.0 Å². The predicted octanol–water partition coefficient (Wildman–Crippen LogP) is -1.44. The van der Waals surface area contributed by atoms with Crippen LogP contribution in [-0.4, -0.2) is 69.3 Å². The van der Waals surface area contributed by atoms with Gasteiger partial charge in [0.15, 0.2) is 0 Å². The topological polar surface area (TPSA) is 184 Å². The van der Waals surface area contributed by atoms with Crippen LogP contribution in [0.5, 0.6) is 5.88 Å². The summed E-state index contributed by atoms with van der Waals surface area (Å²) < 4.78 is 38.1. The van der Waals surface area contributed by atoms with Crippen LogP contribution >= 0.6 is 0 Å². The summed E-state index contributed by atoms with van der Waals surface area (Å²) in [5.74, 6) is -1.53. The zero-order valence-corrected chi connectivity index (χ0v) is 18.4. The van der Waals surface area contributed by atoms with Crippen molar-refractivity contribution in [1.29, 1.82) is 0 Å². The molecule has 2 heterocycles. The Morgan fingerprint density at radius 1 is 1.30 bits per heavy atom. The molecule has 1 aromatic heterocycles. The molecule has 1 saturated heterocycles. The van der Waals surface area contributed by atoms with Gasteiger partial charge in [0.2, 0.25) is 22.1 Å². The summed E-state index contributed by atoms with van der Waals surface area (Å²) in [5, 5.41) is 25.2. The molecular formula is C19H26N6O7S. The second-order valence-electron chi connectivity index (χ2n) is 7.20. The van der Waals surface area contributed by atoms with Gasteiger partial charge in [-0.2, -0.15) is 4.72 Å². The number of amides is 1. The fourth-order valence-electron chi connectivity index (χ4n) is 3.14. The molecule has 1 fully saturated rings. The molecule has 0 spiro atoms. The maximum absolute atomic E-state index is 12.7. The number of hydrogen-bond donors (Lipinski definition) is 6. The number of carboxylic acids is 1. The zero-order valence-electron chi connectivity index (χ0n) is 17.6. The quantitative estimate of drug-likeness (QED) is 0.105. The Labute approximate surface area is 190 Å². The normalized spacial score (nSPS) is 16.2. The lowest BCUT2D eigenvalue weighted by Crippen LogP contribution is -2.65. The van der Waals surface area contributed by atoms with E-state index < -0.39 is 28.1 Å². The van der Waals surface area contributed by atoms with E-state index in [1.165, 1.54) is 30.3 Å². The number of rotatable bonds is 14. The van der Waals surface area contributed by atoms with E-state index in [9.17, 15) is 23.1 Å². The molecular weight excluding hydrogens is 456 g/mol. The molecule has 1 amide bonds. The van der Waals surface area contributed by atoms with Gasteiger partial charge in [0.05, 0.1) is 17.9 Å². The number of aromatic nitrogens is 1. The van der Waals surface area contributed by atoms with Gasteiger partial charge in [0.25, 0.3) is 5.88 Å². The molecule has 3 rings (SSSR count). The van der Waals surface area contributed by atoms with E-state index in [-0.39, 0.29) is 29.2 Å². The van der Waals surface area contributed by atoms with Crippen molar-refractivity contribution < 1.29 is 32.4 Å². The highest BCUT2D eigenvalue weighted by Gasteiger charge is 2.44. The largest absolute Gasteiger partial charge is 0.478 e. The summed E-state index contributed by atoms with van der Waals surface area (Å²) in [7, 11) is -4.29. The lowest BCUT2D eigenvalue weighted by molar-refractivity contribution is -0.147. The van der Waals surface area contributed by atoms with Crippen molar-refractivity contribution in [2.45, 2.75) is 29.7 Å². The highest BCUT2D eigenvalue weighted by atomic mass is 32.2. The Bertz CT molecular complexity index is 1030. The maximum atomic E-state index is 12.7. The Kier molecular flexibility index (Phi) is 8.35. The van der Waals surface area contributed by atoms with Crippen LogP contribution in [0.4, 0.5) is 0 Å². The molecule has 180 valence electrons. The summed E-state index contributed by atoms with van der Waals surface area (Å²) in [5.41, 5.74) is -2.40. The predicted molar refractivity (Wildman–Crippen MR) is 114 cm³/mol. The second-order valence-corrected chi connectivity index (χ2v) is 8.88. The van der Waals surface area contributed by atoms with Crippen LogP contribution in [0.3, 0.4) is 0 Å². The molecule has 13 nitrogen and oxygen atoms in total. The number of carbonyl (C=O) groups is 2. The van der Waals surface area contributed by atoms with Crippen molar-refractivity contribution in [3.8, 4) is 5.88 Å². The number of hydrogen-bond acceptors (Lipinski definition) is 10. The molecule has 1 aromatic carbocycles. The zero-order chi connectivity index (χ0) is 23.7. The van der Waals surface area contributed by atoms with Gasteiger partial charge in [0, 0.05) is 25.7 Å². The van der Waals surface area contributed by atoms with E-state index in [0.29, 0.717) is 19.6 Å². The van der Waals surface area contributed by atoms with E-state index in [2.05, 4.69) is 21.1 Å². The van der Waals surface area contributed by atoms with Gasteiger partial charge in [-0.1, -0.05) is 18.2 Å². The first-order chi connectivity index (χ1) is 15.8. The van der Waals surface area contributed by atoms with Crippen molar-refractivity contribution in [1.82, 2.24) is 31.1 Å².